The minimum Gasteiger partial charge on any atom is -0.485 e. The average molecular weight is 276 g/mol. The summed E-state index contributed by atoms with van der Waals surface area (Å²) in [5.41, 5.74) is 5.77. The van der Waals surface area contributed by atoms with E-state index in [2.05, 4.69) is 0 Å². The fourth-order valence-electron chi connectivity index (χ4n) is 2.80. The van der Waals surface area contributed by atoms with Crippen molar-refractivity contribution in [2.24, 2.45) is 11.7 Å². The second kappa shape index (κ2) is 5.32. The molecule has 108 valence electrons. The van der Waals surface area contributed by atoms with Crippen molar-refractivity contribution in [1.82, 2.24) is 4.90 Å². The lowest BCUT2D eigenvalue weighted by Crippen LogP contribution is -2.49. The highest BCUT2D eigenvalue weighted by Gasteiger charge is 2.33. The van der Waals surface area contributed by atoms with Crippen LogP contribution in [-0.2, 0) is 4.79 Å². The number of ether oxygens (including phenoxy) is 2. The third-order valence-corrected chi connectivity index (χ3v) is 3.96. The van der Waals surface area contributed by atoms with Gasteiger partial charge in [-0.2, -0.15) is 0 Å². The topological polar surface area (TPSA) is 64.8 Å². The van der Waals surface area contributed by atoms with Gasteiger partial charge >= 0.3 is 0 Å². The van der Waals surface area contributed by atoms with Crippen LogP contribution in [0, 0.1) is 5.92 Å². The maximum atomic E-state index is 12.4. The average Bonchev–Trinajstić information content (AvgIpc) is 2.44. The minimum atomic E-state index is -0.552. The number of hydrogen-bond acceptors (Lipinski definition) is 4. The second-order valence-electron chi connectivity index (χ2n) is 5.68. The van der Waals surface area contributed by atoms with Crippen molar-refractivity contribution in [3.8, 4) is 11.5 Å². The van der Waals surface area contributed by atoms with Crippen LogP contribution >= 0.6 is 0 Å². The van der Waals surface area contributed by atoms with Gasteiger partial charge in [0.25, 0.3) is 5.91 Å². The molecule has 2 N–H and O–H groups in total. The van der Waals surface area contributed by atoms with Crippen LogP contribution in [-0.4, -0.2) is 43.2 Å². The molecule has 0 aromatic heterocycles. The van der Waals surface area contributed by atoms with Crippen molar-refractivity contribution < 1.29 is 14.3 Å². The number of carbonyl (C=O) groups is 1. The largest absolute Gasteiger partial charge is 0.485 e. The first kappa shape index (κ1) is 13.2. The lowest BCUT2D eigenvalue weighted by Gasteiger charge is -2.36. The zero-order valence-electron chi connectivity index (χ0n) is 11.6. The van der Waals surface area contributed by atoms with Crippen LogP contribution in [0.1, 0.15) is 12.8 Å². The molecule has 1 aromatic carbocycles. The Morgan fingerprint density at radius 2 is 2.05 bits per heavy atom. The fourth-order valence-corrected chi connectivity index (χ4v) is 2.80. The molecule has 20 heavy (non-hydrogen) atoms. The third-order valence-electron chi connectivity index (χ3n) is 3.96. The standard InChI is InChI=1S/C15H20N2O3/c1-17(8-10-6-11(16)7-10)15(18)14-9-19-12-4-2-3-5-13(12)20-14/h2-5,10-11,14H,6-9,16H2,1H3. The van der Waals surface area contributed by atoms with Crippen LogP contribution in [0.3, 0.4) is 0 Å². The molecular weight excluding hydrogens is 256 g/mol. The summed E-state index contributed by atoms with van der Waals surface area (Å²) in [6.07, 6.45) is 1.45. The molecule has 1 aliphatic carbocycles. The molecule has 0 saturated heterocycles. The first-order chi connectivity index (χ1) is 9.63. The number of hydrogen-bond donors (Lipinski definition) is 1. The van der Waals surface area contributed by atoms with Crippen molar-refractivity contribution in [1.29, 1.82) is 0 Å². The molecule has 1 heterocycles. The highest BCUT2D eigenvalue weighted by atomic mass is 16.6. The van der Waals surface area contributed by atoms with E-state index in [0.29, 0.717) is 23.5 Å². The molecule has 1 saturated carbocycles. The number of rotatable bonds is 3. The van der Waals surface area contributed by atoms with Crippen molar-refractivity contribution in [2.75, 3.05) is 20.2 Å². The maximum Gasteiger partial charge on any atom is 0.267 e. The van der Waals surface area contributed by atoms with E-state index in [4.69, 9.17) is 15.2 Å². The Hall–Kier alpha value is -1.75. The van der Waals surface area contributed by atoms with Crippen LogP contribution in [0.5, 0.6) is 11.5 Å². The Morgan fingerprint density at radius 3 is 2.75 bits per heavy atom. The van der Waals surface area contributed by atoms with E-state index >= 15 is 0 Å². The summed E-state index contributed by atoms with van der Waals surface area (Å²) >= 11 is 0. The smallest absolute Gasteiger partial charge is 0.267 e. The number of carbonyl (C=O) groups excluding carboxylic acids is 1. The Kier molecular flexibility index (Phi) is 3.53. The fraction of sp³-hybridized carbons (Fsp3) is 0.533. The maximum absolute atomic E-state index is 12.4. The molecular formula is C15H20N2O3. The second-order valence-corrected chi connectivity index (χ2v) is 5.68. The highest BCUT2D eigenvalue weighted by Crippen LogP contribution is 2.31. The first-order valence-corrected chi connectivity index (χ1v) is 7.02. The molecule has 5 heteroatoms. The number of likely N-dealkylation sites (N-methyl/N-ethyl adjacent to an activating group) is 1. The minimum absolute atomic E-state index is 0.0278. The molecule has 0 spiro atoms. The highest BCUT2D eigenvalue weighted by molar-refractivity contribution is 5.81. The van der Waals surface area contributed by atoms with Crippen molar-refractivity contribution in [3.05, 3.63) is 24.3 Å². The zero-order valence-corrected chi connectivity index (χ0v) is 11.6. The molecule has 3 rings (SSSR count). The van der Waals surface area contributed by atoms with Gasteiger partial charge < -0.3 is 20.1 Å². The summed E-state index contributed by atoms with van der Waals surface area (Å²) in [7, 11) is 1.82. The van der Waals surface area contributed by atoms with E-state index < -0.39 is 6.10 Å². The molecule has 0 radical (unpaired) electrons. The van der Waals surface area contributed by atoms with Gasteiger partial charge in [0.2, 0.25) is 6.10 Å². The molecule has 1 fully saturated rings. The van der Waals surface area contributed by atoms with E-state index in [0.717, 1.165) is 19.4 Å². The van der Waals surface area contributed by atoms with E-state index in [1.165, 1.54) is 0 Å². The van der Waals surface area contributed by atoms with E-state index in [1.807, 2.05) is 31.3 Å². The van der Waals surface area contributed by atoms with E-state index in [1.54, 1.807) is 4.90 Å². The van der Waals surface area contributed by atoms with Crippen LogP contribution in [0.25, 0.3) is 0 Å². The predicted octanol–water partition coefficient (Wildman–Crippen LogP) is 1.02. The van der Waals surface area contributed by atoms with Gasteiger partial charge in [-0.3, -0.25) is 4.79 Å². The number of para-hydroxylation sites is 2. The van der Waals surface area contributed by atoms with Gasteiger partial charge in [-0.15, -0.1) is 0 Å². The van der Waals surface area contributed by atoms with Crippen LogP contribution in [0.4, 0.5) is 0 Å². The molecule has 1 atom stereocenters. The molecule has 0 bridgehead atoms. The Balaban J connectivity index is 1.58. The molecule has 1 unspecified atom stereocenters. The SMILES string of the molecule is CN(CC1CC(N)C1)C(=O)C1COc2ccccc2O1. The number of amides is 1. The van der Waals surface area contributed by atoms with Crippen LogP contribution < -0.4 is 15.2 Å². The number of benzene rings is 1. The Bertz CT molecular complexity index is 500. The van der Waals surface area contributed by atoms with Crippen molar-refractivity contribution in [3.63, 3.8) is 0 Å². The van der Waals surface area contributed by atoms with Gasteiger partial charge in [-0.25, -0.2) is 0 Å². The van der Waals surface area contributed by atoms with Gasteiger partial charge in [0.1, 0.15) is 6.61 Å². The lowest BCUT2D eigenvalue weighted by molar-refractivity contribution is -0.140. The molecule has 1 aliphatic heterocycles. The Morgan fingerprint density at radius 1 is 1.35 bits per heavy atom. The summed E-state index contributed by atoms with van der Waals surface area (Å²) in [5.74, 6) is 1.83. The summed E-state index contributed by atoms with van der Waals surface area (Å²) in [5, 5.41) is 0. The van der Waals surface area contributed by atoms with Crippen molar-refractivity contribution >= 4 is 5.91 Å². The van der Waals surface area contributed by atoms with E-state index in [9.17, 15) is 4.79 Å². The molecule has 2 aliphatic rings. The Labute approximate surface area is 118 Å². The van der Waals surface area contributed by atoms with Gasteiger partial charge in [-0.05, 0) is 30.9 Å². The van der Waals surface area contributed by atoms with Gasteiger partial charge in [-0.1, -0.05) is 12.1 Å². The van der Waals surface area contributed by atoms with E-state index in [-0.39, 0.29) is 12.5 Å². The molecule has 5 nitrogen and oxygen atoms in total. The molecule has 1 aromatic rings. The molecule has 1 amide bonds. The first-order valence-electron chi connectivity index (χ1n) is 7.02. The third kappa shape index (κ3) is 2.58. The lowest BCUT2D eigenvalue weighted by atomic mass is 9.80. The van der Waals surface area contributed by atoms with Crippen LogP contribution in [0.2, 0.25) is 0 Å². The normalized spacial score (nSPS) is 27.6. The summed E-state index contributed by atoms with van der Waals surface area (Å²) in [6.45, 7) is 1.01. The quantitative estimate of drug-likeness (QED) is 0.895. The van der Waals surface area contributed by atoms with Gasteiger partial charge in [0.15, 0.2) is 11.5 Å². The summed E-state index contributed by atoms with van der Waals surface area (Å²) in [6, 6.07) is 7.73. The van der Waals surface area contributed by atoms with Crippen LogP contribution in [0.15, 0.2) is 24.3 Å². The van der Waals surface area contributed by atoms with Crippen molar-refractivity contribution in [2.45, 2.75) is 25.0 Å². The zero-order chi connectivity index (χ0) is 14.1. The van der Waals surface area contributed by atoms with Gasteiger partial charge in [0.05, 0.1) is 0 Å². The summed E-state index contributed by atoms with van der Waals surface area (Å²) in [4.78, 5) is 14.1. The summed E-state index contributed by atoms with van der Waals surface area (Å²) < 4.78 is 11.3. The monoisotopic (exact) mass is 276 g/mol. The number of nitrogens with zero attached hydrogens (tertiary/aromatic N) is 1. The number of nitrogens with two attached hydrogens (primary N) is 1. The van der Waals surface area contributed by atoms with Gasteiger partial charge in [0, 0.05) is 19.6 Å². The number of fused-ring (bicyclic) bond motifs is 1. The predicted molar refractivity (Wildman–Crippen MR) is 74.7 cm³/mol.